The van der Waals surface area contributed by atoms with Crippen LogP contribution in [0.1, 0.15) is 36.0 Å². The Kier molecular flexibility index (Phi) is 5.72. The van der Waals surface area contributed by atoms with E-state index in [0.717, 1.165) is 23.6 Å². The fourth-order valence-corrected chi connectivity index (χ4v) is 5.36. The summed E-state index contributed by atoms with van der Waals surface area (Å²) < 4.78 is 84.8. The summed E-state index contributed by atoms with van der Waals surface area (Å²) >= 11 is 0. The highest BCUT2D eigenvalue weighted by Crippen LogP contribution is 2.53. The molecule has 1 spiro atoms. The van der Waals surface area contributed by atoms with Gasteiger partial charge in [0.1, 0.15) is 28.9 Å². The minimum Gasteiger partial charge on any atom is -0.391 e. The van der Waals surface area contributed by atoms with Gasteiger partial charge in [-0.2, -0.15) is 13.2 Å². The number of rotatable bonds is 5. The molecule has 1 aliphatic heterocycles. The Hall–Kier alpha value is -3.61. The molecule has 3 aliphatic rings. The SMILES string of the molecule is O=C(NC(C1CC1)C(F)(F)F)c1cn(-c2c(F)cc(F)cc2F)c2nc(N3CC(O)C4(CC4)C3)ccc2c1=O. The maximum atomic E-state index is 14.9. The Morgan fingerprint density at radius 2 is 1.79 bits per heavy atom. The second kappa shape index (κ2) is 8.70. The minimum absolute atomic E-state index is 0.239. The smallest absolute Gasteiger partial charge is 0.391 e. The standard InChI is InChI=1S/C26H22F6N4O3/c27-13-7-16(28)20(17(29)8-13)36-9-15(24(39)34-22(12-1-2-12)26(30,31)32)21(38)14-3-4-19(33-23(14)36)35-10-18(37)25(11-35)5-6-25/h3-4,7-9,12,18,22,37H,1-2,5-6,10-11H2,(H,34,39). The van der Waals surface area contributed by atoms with Crippen LogP contribution in [0.2, 0.25) is 0 Å². The van der Waals surface area contributed by atoms with E-state index >= 15 is 0 Å². The van der Waals surface area contributed by atoms with Gasteiger partial charge in [0.25, 0.3) is 5.91 Å². The van der Waals surface area contributed by atoms with E-state index in [4.69, 9.17) is 0 Å². The van der Waals surface area contributed by atoms with Crippen molar-refractivity contribution >= 4 is 22.8 Å². The largest absolute Gasteiger partial charge is 0.408 e. The number of hydrogen-bond acceptors (Lipinski definition) is 5. The van der Waals surface area contributed by atoms with Crippen molar-refractivity contribution in [2.24, 2.45) is 11.3 Å². The zero-order chi connectivity index (χ0) is 27.9. The van der Waals surface area contributed by atoms with Crippen LogP contribution in [0.25, 0.3) is 16.7 Å². The first-order chi connectivity index (χ1) is 18.4. The summed E-state index contributed by atoms with van der Waals surface area (Å²) in [7, 11) is 0. The van der Waals surface area contributed by atoms with Crippen LogP contribution in [0.4, 0.5) is 32.2 Å². The molecule has 2 saturated carbocycles. The summed E-state index contributed by atoms with van der Waals surface area (Å²) in [6, 6.07) is 1.30. The number of aliphatic hydroxyl groups is 1. The molecule has 2 N–H and O–H groups in total. The predicted molar refractivity (Wildman–Crippen MR) is 127 cm³/mol. The van der Waals surface area contributed by atoms with Crippen molar-refractivity contribution in [1.82, 2.24) is 14.9 Å². The number of alkyl halides is 3. The summed E-state index contributed by atoms with van der Waals surface area (Å²) in [6.07, 6.45) is -2.51. The van der Waals surface area contributed by atoms with Gasteiger partial charge in [-0.1, -0.05) is 0 Å². The van der Waals surface area contributed by atoms with Gasteiger partial charge < -0.3 is 15.3 Å². The highest BCUT2D eigenvalue weighted by atomic mass is 19.4. The van der Waals surface area contributed by atoms with E-state index in [2.05, 4.69) is 4.98 Å². The van der Waals surface area contributed by atoms with E-state index in [0.29, 0.717) is 18.7 Å². The molecular weight excluding hydrogens is 530 g/mol. The number of halogens is 6. The number of aromatic nitrogens is 2. The summed E-state index contributed by atoms with van der Waals surface area (Å²) in [6.45, 7) is 0.707. The zero-order valence-electron chi connectivity index (χ0n) is 20.2. The molecule has 6 rings (SSSR count). The van der Waals surface area contributed by atoms with E-state index in [9.17, 15) is 41.0 Å². The quantitative estimate of drug-likeness (QED) is 0.470. The van der Waals surface area contributed by atoms with Crippen molar-refractivity contribution in [2.45, 2.75) is 44.0 Å². The molecule has 39 heavy (non-hydrogen) atoms. The van der Waals surface area contributed by atoms with Crippen LogP contribution < -0.4 is 15.6 Å². The average molecular weight is 552 g/mol. The molecule has 0 radical (unpaired) electrons. The third-order valence-electron chi connectivity index (χ3n) is 7.86. The van der Waals surface area contributed by atoms with E-state index < -0.39 is 64.3 Å². The molecular formula is C26H22F6N4O3. The number of nitrogens with zero attached hydrogens (tertiary/aromatic N) is 3. The molecule has 1 aromatic carbocycles. The zero-order valence-corrected chi connectivity index (χ0v) is 20.2. The Labute approximate surface area is 217 Å². The molecule has 2 atom stereocenters. The van der Waals surface area contributed by atoms with Crippen LogP contribution in [0.3, 0.4) is 0 Å². The summed E-state index contributed by atoms with van der Waals surface area (Å²) in [5.41, 5.74) is -3.19. The number of carbonyl (C=O) groups excluding carboxylic acids is 1. The van der Waals surface area contributed by atoms with Gasteiger partial charge >= 0.3 is 6.18 Å². The third kappa shape index (κ3) is 4.42. The first kappa shape index (κ1) is 25.7. The number of pyridine rings is 2. The van der Waals surface area contributed by atoms with Crippen LogP contribution in [-0.4, -0.2) is 52.0 Å². The number of carbonyl (C=O) groups is 1. The second-order valence-corrected chi connectivity index (χ2v) is 10.6. The molecule has 2 aromatic heterocycles. The Bertz CT molecular complexity index is 1540. The molecule has 3 fully saturated rings. The average Bonchev–Trinajstić information content (AvgIpc) is 3.77. The molecule has 206 valence electrons. The topological polar surface area (TPSA) is 87.5 Å². The van der Waals surface area contributed by atoms with Crippen LogP contribution in [-0.2, 0) is 0 Å². The maximum Gasteiger partial charge on any atom is 0.408 e. The fraction of sp³-hybridized carbons (Fsp3) is 0.423. The van der Waals surface area contributed by atoms with Crippen LogP contribution in [0, 0.1) is 28.8 Å². The van der Waals surface area contributed by atoms with Gasteiger partial charge in [-0.3, -0.25) is 14.2 Å². The summed E-state index contributed by atoms with van der Waals surface area (Å²) in [5, 5.41) is 12.0. The van der Waals surface area contributed by atoms with E-state index in [1.807, 2.05) is 5.32 Å². The number of β-amino-alcohol motifs (C(OH)–C–C–N with tert-alkyl or cyclic N) is 1. The Morgan fingerprint density at radius 1 is 1.13 bits per heavy atom. The number of fused-ring (bicyclic) bond motifs is 1. The minimum atomic E-state index is -4.77. The molecule has 3 aromatic rings. The molecule has 2 unspecified atom stereocenters. The number of hydrogen-bond donors (Lipinski definition) is 2. The first-order valence-electron chi connectivity index (χ1n) is 12.4. The van der Waals surface area contributed by atoms with Crippen molar-refractivity contribution in [2.75, 3.05) is 18.0 Å². The molecule has 13 heteroatoms. The monoisotopic (exact) mass is 552 g/mol. The van der Waals surface area contributed by atoms with Gasteiger partial charge in [0, 0.05) is 36.8 Å². The van der Waals surface area contributed by atoms with Gasteiger partial charge in [0.2, 0.25) is 5.43 Å². The predicted octanol–water partition coefficient (Wildman–Crippen LogP) is 3.83. The van der Waals surface area contributed by atoms with Gasteiger partial charge in [0.15, 0.2) is 17.3 Å². The van der Waals surface area contributed by atoms with Crippen LogP contribution in [0.15, 0.2) is 35.3 Å². The molecule has 2 aliphatic carbocycles. The summed E-state index contributed by atoms with van der Waals surface area (Å²) in [5.74, 6) is -5.89. The lowest BCUT2D eigenvalue weighted by molar-refractivity contribution is -0.158. The van der Waals surface area contributed by atoms with Crippen molar-refractivity contribution in [1.29, 1.82) is 0 Å². The number of aliphatic hydroxyl groups excluding tert-OH is 1. The highest BCUT2D eigenvalue weighted by Gasteiger charge is 2.55. The van der Waals surface area contributed by atoms with E-state index in [1.54, 1.807) is 4.90 Å². The van der Waals surface area contributed by atoms with Crippen LogP contribution >= 0.6 is 0 Å². The van der Waals surface area contributed by atoms with E-state index in [1.165, 1.54) is 12.1 Å². The number of nitrogens with one attached hydrogen (secondary N) is 1. The van der Waals surface area contributed by atoms with Gasteiger partial charge in [-0.05, 0) is 43.7 Å². The first-order valence-corrected chi connectivity index (χ1v) is 12.4. The third-order valence-corrected chi connectivity index (χ3v) is 7.86. The van der Waals surface area contributed by atoms with Gasteiger partial charge in [-0.15, -0.1) is 0 Å². The molecule has 0 bridgehead atoms. The summed E-state index contributed by atoms with van der Waals surface area (Å²) in [4.78, 5) is 32.4. The molecule has 3 heterocycles. The molecule has 7 nitrogen and oxygen atoms in total. The Balaban J connectivity index is 1.50. The van der Waals surface area contributed by atoms with Gasteiger partial charge in [0.05, 0.1) is 11.5 Å². The van der Waals surface area contributed by atoms with Gasteiger partial charge in [-0.25, -0.2) is 18.2 Å². The lowest BCUT2D eigenvalue weighted by Gasteiger charge is -2.22. The normalized spacial score (nSPS) is 21.0. The van der Waals surface area contributed by atoms with Crippen molar-refractivity contribution in [3.8, 4) is 5.69 Å². The van der Waals surface area contributed by atoms with Crippen molar-refractivity contribution < 1.29 is 36.2 Å². The lowest BCUT2D eigenvalue weighted by atomic mass is 10.0. The Morgan fingerprint density at radius 3 is 2.36 bits per heavy atom. The highest BCUT2D eigenvalue weighted by molar-refractivity contribution is 5.97. The maximum absolute atomic E-state index is 14.9. The fourth-order valence-electron chi connectivity index (χ4n) is 5.36. The second-order valence-electron chi connectivity index (χ2n) is 10.6. The molecule has 1 amide bonds. The number of anilines is 1. The van der Waals surface area contributed by atoms with Crippen LogP contribution in [0.5, 0.6) is 0 Å². The van der Waals surface area contributed by atoms with Crippen molar-refractivity contribution in [3.05, 3.63) is 63.7 Å². The molecule has 1 saturated heterocycles. The van der Waals surface area contributed by atoms with Crippen molar-refractivity contribution in [3.63, 3.8) is 0 Å². The lowest BCUT2D eigenvalue weighted by Crippen LogP contribution is -2.48. The number of benzene rings is 1. The van der Waals surface area contributed by atoms with E-state index in [-0.39, 0.29) is 41.7 Å². The number of amides is 1.